The fraction of sp³-hybridized carbons (Fsp3) is 0.667. The second kappa shape index (κ2) is 6.50. The summed E-state index contributed by atoms with van der Waals surface area (Å²) in [7, 11) is -0.443. The Bertz CT molecular complexity index is 761. The first-order valence-corrected chi connectivity index (χ1v) is 9.68. The van der Waals surface area contributed by atoms with Gasteiger partial charge < -0.3 is 10.6 Å². The van der Waals surface area contributed by atoms with Crippen molar-refractivity contribution >= 4 is 22.1 Å². The molecular weight excluding hydrogens is 344 g/mol. The van der Waals surface area contributed by atoms with Gasteiger partial charge in [0.2, 0.25) is 5.95 Å². The summed E-state index contributed by atoms with van der Waals surface area (Å²) < 4.78 is 27.7. The molecule has 2 bridgehead atoms. The van der Waals surface area contributed by atoms with Crippen LogP contribution in [0, 0.1) is 12.8 Å². The van der Waals surface area contributed by atoms with Gasteiger partial charge in [-0.05, 0) is 31.7 Å². The number of hydrogen-bond acceptors (Lipinski definition) is 6. The summed E-state index contributed by atoms with van der Waals surface area (Å²) in [5.74, 6) is -0.0196. The molecule has 0 unspecified atom stereocenters. The summed E-state index contributed by atoms with van der Waals surface area (Å²) >= 11 is 0. The lowest BCUT2D eigenvalue weighted by Crippen LogP contribution is -2.48. The Morgan fingerprint density at radius 2 is 1.96 bits per heavy atom. The average Bonchev–Trinajstić information content (AvgIpc) is 2.85. The van der Waals surface area contributed by atoms with E-state index in [4.69, 9.17) is 5.73 Å². The molecule has 0 aliphatic carbocycles. The number of rotatable bonds is 3. The molecule has 3 fully saturated rings. The Morgan fingerprint density at radius 3 is 2.60 bits per heavy atom. The largest absolute Gasteiger partial charge is 0.368 e. The van der Waals surface area contributed by atoms with E-state index in [1.807, 2.05) is 0 Å². The molecule has 138 valence electrons. The predicted molar refractivity (Wildman–Crippen MR) is 92.9 cm³/mol. The SMILES string of the molecule is Cc1cc(C(=O)N2C[C@H]3CC[C@@H]2CN(S(=O)(=O)N(C)C)C3)nc(N)n1. The van der Waals surface area contributed by atoms with Crippen molar-refractivity contribution in [3.63, 3.8) is 0 Å². The van der Waals surface area contributed by atoms with Gasteiger partial charge in [-0.25, -0.2) is 9.97 Å². The first-order valence-electron chi connectivity index (χ1n) is 8.28. The lowest BCUT2D eigenvalue weighted by Gasteiger charge is -2.36. The number of fused-ring (bicyclic) bond motifs is 4. The lowest BCUT2D eigenvalue weighted by atomic mass is 9.94. The molecule has 9 nitrogen and oxygen atoms in total. The van der Waals surface area contributed by atoms with E-state index in [1.165, 1.54) is 22.7 Å². The zero-order valence-corrected chi connectivity index (χ0v) is 15.5. The number of carbonyl (C=O) groups is 1. The maximum Gasteiger partial charge on any atom is 0.281 e. The van der Waals surface area contributed by atoms with Gasteiger partial charge in [-0.1, -0.05) is 0 Å². The zero-order valence-electron chi connectivity index (χ0n) is 14.7. The molecule has 0 spiro atoms. The topological polar surface area (TPSA) is 113 Å². The standard InChI is InChI=1S/C15H24N6O3S/c1-10-6-13(18-15(16)17-10)14(22)21-8-11-4-5-12(21)9-20(7-11)25(23,24)19(2)3/h6,11-12H,4-5,7-9H2,1-3H3,(H2,16,17,18)/t11-,12+/m0/s1. The zero-order chi connectivity index (χ0) is 18.4. The van der Waals surface area contributed by atoms with Crippen LogP contribution in [0.4, 0.5) is 5.95 Å². The van der Waals surface area contributed by atoms with Gasteiger partial charge >= 0.3 is 0 Å². The maximum atomic E-state index is 12.9. The highest BCUT2D eigenvalue weighted by atomic mass is 32.2. The van der Waals surface area contributed by atoms with Crippen molar-refractivity contribution in [2.75, 3.05) is 39.5 Å². The van der Waals surface area contributed by atoms with E-state index in [-0.39, 0.29) is 29.5 Å². The summed E-state index contributed by atoms with van der Waals surface area (Å²) in [6, 6.07) is 1.46. The van der Waals surface area contributed by atoms with E-state index in [2.05, 4.69) is 9.97 Å². The Morgan fingerprint density at radius 1 is 1.24 bits per heavy atom. The van der Waals surface area contributed by atoms with Crippen LogP contribution in [-0.2, 0) is 10.2 Å². The highest BCUT2D eigenvalue weighted by molar-refractivity contribution is 7.86. The normalized spacial score (nSPS) is 24.6. The molecule has 1 aromatic heterocycles. The third kappa shape index (κ3) is 3.46. The molecule has 2 atom stereocenters. The highest BCUT2D eigenvalue weighted by Gasteiger charge is 2.41. The van der Waals surface area contributed by atoms with E-state index in [0.29, 0.717) is 25.3 Å². The van der Waals surface area contributed by atoms with E-state index < -0.39 is 10.2 Å². The molecule has 4 rings (SSSR count). The third-order valence-electron chi connectivity index (χ3n) is 4.82. The number of amides is 1. The van der Waals surface area contributed by atoms with Crippen LogP contribution in [0.1, 0.15) is 29.0 Å². The minimum absolute atomic E-state index is 0.0696. The van der Waals surface area contributed by atoms with E-state index in [1.54, 1.807) is 17.9 Å². The molecule has 0 saturated carbocycles. The molecule has 0 aromatic carbocycles. The molecule has 1 amide bonds. The number of carbonyl (C=O) groups excluding carboxylic acids is 1. The summed E-state index contributed by atoms with van der Waals surface area (Å²) in [6.45, 7) is 3.04. The Balaban J connectivity index is 1.87. The van der Waals surface area contributed by atoms with Crippen LogP contribution < -0.4 is 5.73 Å². The van der Waals surface area contributed by atoms with Crippen LogP contribution >= 0.6 is 0 Å². The Kier molecular flexibility index (Phi) is 4.69. The molecule has 3 aliphatic rings. The number of aryl methyl sites for hydroxylation is 1. The summed E-state index contributed by atoms with van der Waals surface area (Å²) in [5.41, 5.74) is 6.56. The maximum absolute atomic E-state index is 12.9. The number of aromatic nitrogens is 2. The lowest BCUT2D eigenvalue weighted by molar-refractivity contribution is 0.0582. The molecule has 2 N–H and O–H groups in total. The van der Waals surface area contributed by atoms with Crippen molar-refractivity contribution in [1.82, 2.24) is 23.5 Å². The first-order chi connectivity index (χ1) is 11.7. The number of nitrogens with zero attached hydrogens (tertiary/aromatic N) is 5. The number of piperidine rings is 1. The number of nitrogens with two attached hydrogens (primary N) is 1. The molecule has 25 heavy (non-hydrogen) atoms. The fourth-order valence-corrected chi connectivity index (χ4v) is 4.78. The molecule has 1 aromatic rings. The second-order valence-corrected chi connectivity index (χ2v) is 9.06. The minimum atomic E-state index is -3.49. The third-order valence-corrected chi connectivity index (χ3v) is 6.69. The summed E-state index contributed by atoms with van der Waals surface area (Å²) in [5, 5.41) is 0. The number of nitrogen functional groups attached to an aromatic ring is 1. The van der Waals surface area contributed by atoms with Gasteiger partial charge in [0.05, 0.1) is 0 Å². The van der Waals surface area contributed by atoms with Gasteiger partial charge in [0.25, 0.3) is 16.1 Å². The van der Waals surface area contributed by atoms with Crippen LogP contribution in [0.5, 0.6) is 0 Å². The Labute approximate surface area is 148 Å². The molecule has 4 heterocycles. The van der Waals surface area contributed by atoms with Gasteiger partial charge in [0.1, 0.15) is 5.69 Å². The Hall–Kier alpha value is -1.78. The molecular formula is C15H24N6O3S. The van der Waals surface area contributed by atoms with Crippen molar-refractivity contribution in [3.05, 3.63) is 17.5 Å². The van der Waals surface area contributed by atoms with Crippen LogP contribution in [0.15, 0.2) is 6.07 Å². The van der Waals surface area contributed by atoms with E-state index >= 15 is 0 Å². The van der Waals surface area contributed by atoms with Gasteiger partial charge in [-0.2, -0.15) is 17.0 Å². The van der Waals surface area contributed by atoms with Gasteiger partial charge in [0, 0.05) is 45.5 Å². The van der Waals surface area contributed by atoms with Crippen molar-refractivity contribution in [2.45, 2.75) is 25.8 Å². The van der Waals surface area contributed by atoms with Gasteiger partial charge in [-0.15, -0.1) is 0 Å². The van der Waals surface area contributed by atoms with Crippen LogP contribution in [-0.4, -0.2) is 77.6 Å². The van der Waals surface area contributed by atoms with Crippen LogP contribution in [0.3, 0.4) is 0 Å². The van der Waals surface area contributed by atoms with Crippen molar-refractivity contribution in [3.8, 4) is 0 Å². The molecule has 10 heteroatoms. The average molecular weight is 368 g/mol. The number of hydrogen-bond donors (Lipinski definition) is 1. The van der Waals surface area contributed by atoms with Crippen LogP contribution in [0.25, 0.3) is 0 Å². The quantitative estimate of drug-likeness (QED) is 0.784. The minimum Gasteiger partial charge on any atom is -0.368 e. The molecule has 3 aliphatic heterocycles. The summed E-state index contributed by atoms with van der Waals surface area (Å²) in [4.78, 5) is 22.7. The molecule has 0 radical (unpaired) electrons. The van der Waals surface area contributed by atoms with Gasteiger partial charge in [0.15, 0.2) is 0 Å². The number of anilines is 1. The molecule has 3 saturated heterocycles. The second-order valence-electron chi connectivity index (χ2n) is 6.91. The van der Waals surface area contributed by atoms with Crippen molar-refractivity contribution in [2.24, 2.45) is 5.92 Å². The summed E-state index contributed by atoms with van der Waals surface area (Å²) in [6.07, 6.45) is 1.70. The first kappa shape index (κ1) is 18.0. The van der Waals surface area contributed by atoms with E-state index in [0.717, 1.165) is 12.8 Å². The fourth-order valence-electron chi connectivity index (χ4n) is 3.56. The van der Waals surface area contributed by atoms with Crippen molar-refractivity contribution < 1.29 is 13.2 Å². The van der Waals surface area contributed by atoms with E-state index in [9.17, 15) is 13.2 Å². The smallest absolute Gasteiger partial charge is 0.281 e. The predicted octanol–water partition coefficient (Wildman–Crippen LogP) is -0.290. The van der Waals surface area contributed by atoms with Crippen LogP contribution in [0.2, 0.25) is 0 Å². The monoisotopic (exact) mass is 368 g/mol. The van der Waals surface area contributed by atoms with Crippen molar-refractivity contribution in [1.29, 1.82) is 0 Å². The van der Waals surface area contributed by atoms with Gasteiger partial charge in [-0.3, -0.25) is 4.79 Å². The highest BCUT2D eigenvalue weighted by Crippen LogP contribution is 2.30.